The van der Waals surface area contributed by atoms with E-state index in [1.807, 2.05) is 29.2 Å². The Balaban J connectivity index is 1.88. The van der Waals surface area contributed by atoms with E-state index in [9.17, 15) is 4.79 Å². The number of para-hydroxylation sites is 2. The molecule has 1 aromatic carbocycles. The molecule has 0 spiro atoms. The van der Waals surface area contributed by atoms with Crippen molar-refractivity contribution in [3.05, 3.63) is 36.2 Å². The normalized spacial score (nSPS) is 19.6. The standard InChI is InChI=1S/C15H17N3O/c1-11-5-4-8-18(10-11)15(19)14-9-16-12-6-2-3-7-13(12)17-14/h2-3,6-7,9,11H,4-5,8,10H2,1H3. The summed E-state index contributed by atoms with van der Waals surface area (Å²) in [5.74, 6) is 0.580. The monoisotopic (exact) mass is 255 g/mol. The molecule has 0 bridgehead atoms. The molecule has 0 saturated carbocycles. The number of aromatic nitrogens is 2. The van der Waals surface area contributed by atoms with Gasteiger partial charge in [0.1, 0.15) is 5.69 Å². The number of nitrogens with zero attached hydrogens (tertiary/aromatic N) is 3. The van der Waals surface area contributed by atoms with Gasteiger partial charge in [0.25, 0.3) is 5.91 Å². The van der Waals surface area contributed by atoms with Crippen LogP contribution in [0.25, 0.3) is 11.0 Å². The molecular weight excluding hydrogens is 238 g/mol. The largest absolute Gasteiger partial charge is 0.337 e. The Kier molecular flexibility index (Phi) is 3.15. The molecule has 0 aliphatic carbocycles. The molecule has 1 saturated heterocycles. The number of amides is 1. The van der Waals surface area contributed by atoms with Crippen molar-refractivity contribution in [3.8, 4) is 0 Å². The summed E-state index contributed by atoms with van der Waals surface area (Å²) >= 11 is 0. The van der Waals surface area contributed by atoms with Gasteiger partial charge in [-0.3, -0.25) is 9.78 Å². The van der Waals surface area contributed by atoms with E-state index in [0.29, 0.717) is 11.6 Å². The van der Waals surface area contributed by atoms with Crippen LogP contribution in [0.2, 0.25) is 0 Å². The van der Waals surface area contributed by atoms with Crippen LogP contribution in [0, 0.1) is 5.92 Å². The van der Waals surface area contributed by atoms with Gasteiger partial charge in [-0.2, -0.15) is 0 Å². The molecule has 1 atom stereocenters. The number of benzene rings is 1. The molecule has 98 valence electrons. The van der Waals surface area contributed by atoms with Gasteiger partial charge in [-0.25, -0.2) is 4.98 Å². The summed E-state index contributed by atoms with van der Waals surface area (Å²) in [6.45, 7) is 3.84. The Morgan fingerprint density at radius 3 is 2.89 bits per heavy atom. The first-order valence-electron chi connectivity index (χ1n) is 6.75. The molecule has 0 N–H and O–H groups in total. The average Bonchev–Trinajstić information content (AvgIpc) is 2.46. The summed E-state index contributed by atoms with van der Waals surface area (Å²) < 4.78 is 0. The maximum atomic E-state index is 12.4. The Morgan fingerprint density at radius 2 is 2.11 bits per heavy atom. The van der Waals surface area contributed by atoms with E-state index < -0.39 is 0 Å². The summed E-state index contributed by atoms with van der Waals surface area (Å²) in [4.78, 5) is 23.0. The van der Waals surface area contributed by atoms with Gasteiger partial charge < -0.3 is 4.90 Å². The molecule has 4 nitrogen and oxygen atoms in total. The van der Waals surface area contributed by atoms with Gasteiger partial charge >= 0.3 is 0 Å². The van der Waals surface area contributed by atoms with Crippen LogP contribution >= 0.6 is 0 Å². The maximum Gasteiger partial charge on any atom is 0.274 e. The number of hydrogen-bond acceptors (Lipinski definition) is 3. The SMILES string of the molecule is CC1CCCN(C(=O)c2cnc3ccccc3n2)C1. The quantitative estimate of drug-likeness (QED) is 0.786. The average molecular weight is 255 g/mol. The van der Waals surface area contributed by atoms with Crippen LogP contribution in [0.5, 0.6) is 0 Å². The van der Waals surface area contributed by atoms with Gasteiger partial charge in [0.2, 0.25) is 0 Å². The molecule has 1 amide bonds. The molecule has 4 heteroatoms. The minimum Gasteiger partial charge on any atom is -0.337 e. The number of carbonyl (C=O) groups is 1. The second kappa shape index (κ2) is 4.96. The third-order valence-electron chi connectivity index (χ3n) is 3.61. The lowest BCUT2D eigenvalue weighted by atomic mass is 10.00. The van der Waals surface area contributed by atoms with E-state index in [2.05, 4.69) is 16.9 Å². The van der Waals surface area contributed by atoms with Crippen molar-refractivity contribution in [1.82, 2.24) is 14.9 Å². The summed E-state index contributed by atoms with van der Waals surface area (Å²) in [6.07, 6.45) is 3.87. The summed E-state index contributed by atoms with van der Waals surface area (Å²) in [6, 6.07) is 7.62. The number of hydrogen-bond donors (Lipinski definition) is 0. The Bertz CT molecular complexity index is 611. The Labute approximate surface area is 112 Å². The van der Waals surface area contributed by atoms with Crippen molar-refractivity contribution >= 4 is 16.9 Å². The van der Waals surface area contributed by atoms with Crippen LogP contribution in [0.15, 0.2) is 30.5 Å². The van der Waals surface area contributed by atoms with Crippen LogP contribution in [0.4, 0.5) is 0 Å². The summed E-state index contributed by atoms with van der Waals surface area (Å²) in [5.41, 5.74) is 2.05. The van der Waals surface area contributed by atoms with E-state index in [0.717, 1.165) is 30.5 Å². The molecule has 2 heterocycles. The molecular formula is C15H17N3O. The highest BCUT2D eigenvalue weighted by Gasteiger charge is 2.23. The molecule has 1 aromatic heterocycles. The summed E-state index contributed by atoms with van der Waals surface area (Å²) in [5, 5.41) is 0. The van der Waals surface area contributed by atoms with Gasteiger partial charge in [-0.15, -0.1) is 0 Å². The number of fused-ring (bicyclic) bond motifs is 1. The van der Waals surface area contributed by atoms with E-state index in [1.165, 1.54) is 6.42 Å². The molecule has 3 rings (SSSR count). The first-order chi connectivity index (χ1) is 9.24. The minimum absolute atomic E-state index is 0.00445. The first-order valence-corrected chi connectivity index (χ1v) is 6.75. The van der Waals surface area contributed by atoms with Gasteiger partial charge in [-0.1, -0.05) is 19.1 Å². The lowest BCUT2D eigenvalue weighted by Gasteiger charge is -2.30. The zero-order valence-electron chi connectivity index (χ0n) is 11.0. The molecule has 2 aromatic rings. The van der Waals surface area contributed by atoms with Crippen molar-refractivity contribution < 1.29 is 4.79 Å². The summed E-state index contributed by atoms with van der Waals surface area (Å²) in [7, 11) is 0. The van der Waals surface area contributed by atoms with Gasteiger partial charge in [0, 0.05) is 13.1 Å². The van der Waals surface area contributed by atoms with E-state index in [4.69, 9.17) is 0 Å². The Morgan fingerprint density at radius 1 is 1.32 bits per heavy atom. The van der Waals surface area contributed by atoms with Gasteiger partial charge in [0.15, 0.2) is 0 Å². The van der Waals surface area contributed by atoms with E-state index >= 15 is 0 Å². The fraction of sp³-hybridized carbons (Fsp3) is 0.400. The lowest BCUT2D eigenvalue weighted by Crippen LogP contribution is -2.39. The van der Waals surface area contributed by atoms with Crippen LogP contribution < -0.4 is 0 Å². The zero-order chi connectivity index (χ0) is 13.2. The van der Waals surface area contributed by atoms with Crippen molar-refractivity contribution in [2.24, 2.45) is 5.92 Å². The second-order valence-electron chi connectivity index (χ2n) is 5.24. The molecule has 0 radical (unpaired) electrons. The van der Waals surface area contributed by atoms with Crippen LogP contribution in [-0.4, -0.2) is 33.9 Å². The number of piperidine rings is 1. The second-order valence-corrected chi connectivity index (χ2v) is 5.24. The zero-order valence-corrected chi connectivity index (χ0v) is 11.0. The molecule has 19 heavy (non-hydrogen) atoms. The molecule has 1 fully saturated rings. The third-order valence-corrected chi connectivity index (χ3v) is 3.61. The predicted molar refractivity (Wildman–Crippen MR) is 73.8 cm³/mol. The highest BCUT2D eigenvalue weighted by Crippen LogP contribution is 2.18. The van der Waals surface area contributed by atoms with Crippen molar-refractivity contribution in [2.45, 2.75) is 19.8 Å². The van der Waals surface area contributed by atoms with E-state index in [-0.39, 0.29) is 5.91 Å². The van der Waals surface area contributed by atoms with Gasteiger partial charge in [-0.05, 0) is 30.9 Å². The van der Waals surface area contributed by atoms with Gasteiger partial charge in [0.05, 0.1) is 17.2 Å². The molecule has 1 unspecified atom stereocenters. The molecule has 1 aliphatic heterocycles. The van der Waals surface area contributed by atoms with Crippen LogP contribution in [0.3, 0.4) is 0 Å². The van der Waals surface area contributed by atoms with Crippen molar-refractivity contribution in [1.29, 1.82) is 0 Å². The lowest BCUT2D eigenvalue weighted by molar-refractivity contribution is 0.0677. The molecule has 1 aliphatic rings. The predicted octanol–water partition coefficient (Wildman–Crippen LogP) is 2.50. The van der Waals surface area contributed by atoms with Crippen molar-refractivity contribution in [3.63, 3.8) is 0 Å². The maximum absolute atomic E-state index is 12.4. The first kappa shape index (κ1) is 12.1. The van der Waals surface area contributed by atoms with Crippen molar-refractivity contribution in [2.75, 3.05) is 13.1 Å². The topological polar surface area (TPSA) is 46.1 Å². The van der Waals surface area contributed by atoms with E-state index in [1.54, 1.807) is 6.20 Å². The Hall–Kier alpha value is -1.97. The third kappa shape index (κ3) is 2.43. The number of rotatable bonds is 1. The fourth-order valence-electron chi connectivity index (χ4n) is 2.60. The fourth-order valence-corrected chi connectivity index (χ4v) is 2.60. The van der Waals surface area contributed by atoms with Crippen LogP contribution in [-0.2, 0) is 0 Å². The van der Waals surface area contributed by atoms with Crippen LogP contribution in [0.1, 0.15) is 30.3 Å². The highest BCUT2D eigenvalue weighted by atomic mass is 16.2. The highest BCUT2D eigenvalue weighted by molar-refractivity contribution is 5.93. The smallest absolute Gasteiger partial charge is 0.274 e. The number of carbonyl (C=O) groups excluding carboxylic acids is 1. The number of likely N-dealkylation sites (tertiary alicyclic amines) is 1. The minimum atomic E-state index is 0.00445.